The molecule has 4 heteroatoms. The second-order valence-corrected chi connectivity index (χ2v) is 1.73. The average molecular weight is 138 g/mol. The fourth-order valence-electron chi connectivity index (χ4n) is 0. The Hall–Kier alpha value is -0.160. The van der Waals surface area contributed by atoms with Gasteiger partial charge in [-0.1, -0.05) is 13.8 Å². The maximum atomic E-state index is 8.41. The van der Waals surface area contributed by atoms with E-state index in [9.17, 15) is 0 Å². The van der Waals surface area contributed by atoms with Crippen molar-refractivity contribution >= 4 is 0 Å². The maximum Gasteiger partial charge on any atom is 0.104 e. The molecule has 7 N–H and O–H groups in total. The molecule has 0 saturated carbocycles. The van der Waals surface area contributed by atoms with Crippen LogP contribution in [0.3, 0.4) is 0 Å². The largest absolute Gasteiger partial charge is 0.400 e. The van der Waals surface area contributed by atoms with Crippen LogP contribution in [0.25, 0.3) is 0 Å². The first-order valence-corrected chi connectivity index (χ1v) is 2.53. The number of rotatable bonds is 1. The highest BCUT2D eigenvalue weighted by molar-refractivity contribution is 4.46. The van der Waals surface area contributed by atoms with Gasteiger partial charge in [0.05, 0.1) is 0 Å². The molecule has 0 aromatic heterocycles. The number of aliphatic hydroxyl groups is 2. The zero-order valence-corrected chi connectivity index (χ0v) is 6.33. The van der Waals surface area contributed by atoms with Gasteiger partial charge < -0.3 is 22.1 Å². The van der Waals surface area contributed by atoms with Gasteiger partial charge in [-0.05, 0) is 5.92 Å². The zero-order chi connectivity index (χ0) is 7.15. The Morgan fingerprint density at radius 1 is 1.22 bits per heavy atom. The van der Waals surface area contributed by atoms with E-state index in [1.165, 1.54) is 0 Å². The molecule has 0 amide bonds. The summed E-state index contributed by atoms with van der Waals surface area (Å²) in [7, 11) is 1.00. The van der Waals surface area contributed by atoms with Crippen molar-refractivity contribution in [2.45, 2.75) is 20.1 Å². The van der Waals surface area contributed by atoms with Gasteiger partial charge in [0.1, 0.15) is 6.23 Å². The third-order valence-corrected chi connectivity index (χ3v) is 0.683. The van der Waals surface area contributed by atoms with Gasteiger partial charge in [-0.3, -0.25) is 0 Å². The van der Waals surface area contributed by atoms with E-state index in [2.05, 4.69) is 0 Å². The highest BCUT2D eigenvalue weighted by atomic mass is 16.3. The molecule has 0 saturated heterocycles. The third-order valence-electron chi connectivity index (χ3n) is 0.683. The third kappa shape index (κ3) is 18.1. The lowest BCUT2D eigenvalue weighted by molar-refractivity contribution is 0.132. The van der Waals surface area contributed by atoms with E-state index in [0.717, 1.165) is 7.11 Å². The van der Waals surface area contributed by atoms with Crippen molar-refractivity contribution in [3.8, 4) is 0 Å². The topological polar surface area (TPSA) is 101 Å². The van der Waals surface area contributed by atoms with Crippen LogP contribution in [0, 0.1) is 5.92 Å². The van der Waals surface area contributed by atoms with Gasteiger partial charge in [0.15, 0.2) is 0 Å². The van der Waals surface area contributed by atoms with Crippen molar-refractivity contribution in [3.05, 3.63) is 0 Å². The zero-order valence-electron chi connectivity index (χ0n) is 6.33. The first-order valence-electron chi connectivity index (χ1n) is 2.53. The molecule has 9 heavy (non-hydrogen) atoms. The predicted molar refractivity (Wildman–Crippen MR) is 38.2 cm³/mol. The van der Waals surface area contributed by atoms with Gasteiger partial charge in [0, 0.05) is 7.11 Å². The van der Waals surface area contributed by atoms with E-state index >= 15 is 0 Å². The van der Waals surface area contributed by atoms with Crippen LogP contribution in [0.2, 0.25) is 0 Å². The Balaban J connectivity index is -0.000000109. The molecule has 1 atom stereocenters. The summed E-state index contributed by atoms with van der Waals surface area (Å²) in [6, 6.07) is 0. The molecule has 0 heterocycles. The Bertz CT molecular complexity index is 33.9. The average Bonchev–Trinajstić information content (AvgIpc) is 1.72. The summed E-state index contributed by atoms with van der Waals surface area (Å²) in [4.78, 5) is 0. The highest BCUT2D eigenvalue weighted by Gasteiger charge is 1.97. The summed E-state index contributed by atoms with van der Waals surface area (Å²) >= 11 is 0. The minimum atomic E-state index is -0.648. The number of aliphatic hydroxyl groups excluding tert-OH is 2. The van der Waals surface area contributed by atoms with Crippen LogP contribution in [-0.2, 0) is 0 Å². The summed E-state index contributed by atoms with van der Waals surface area (Å²) in [5.41, 5.74) is 4.99. The fraction of sp³-hybridized carbons (Fsp3) is 1.00. The molecule has 0 aliphatic rings. The quantitative estimate of drug-likeness (QED) is 0.373. The second-order valence-electron chi connectivity index (χ2n) is 1.73. The Kier molecular flexibility index (Phi) is 19.0. The lowest BCUT2D eigenvalue weighted by atomic mass is 10.2. The summed E-state index contributed by atoms with van der Waals surface area (Å²) in [5.74, 6) is 0.185. The molecule has 0 radical (unpaired) electrons. The van der Waals surface area contributed by atoms with Gasteiger partial charge in [0.25, 0.3) is 0 Å². The van der Waals surface area contributed by atoms with Gasteiger partial charge in [0.2, 0.25) is 0 Å². The first kappa shape index (κ1) is 15.9. The van der Waals surface area contributed by atoms with Crippen LogP contribution in [0.4, 0.5) is 0 Å². The lowest BCUT2D eigenvalue weighted by Crippen LogP contribution is -2.24. The van der Waals surface area contributed by atoms with Crippen molar-refractivity contribution < 1.29 is 10.2 Å². The number of nitrogens with two attached hydrogens (primary N) is 1. The first-order chi connectivity index (χ1) is 3.64. The van der Waals surface area contributed by atoms with E-state index in [4.69, 9.17) is 15.9 Å². The molecule has 0 bridgehead atoms. The summed E-state index contributed by atoms with van der Waals surface area (Å²) in [5, 5.41) is 15.4. The summed E-state index contributed by atoms with van der Waals surface area (Å²) in [6.45, 7) is 3.73. The van der Waals surface area contributed by atoms with Crippen molar-refractivity contribution in [2.75, 3.05) is 7.11 Å². The molecule has 0 aromatic carbocycles. The standard InChI is InChI=1S/C4H11NO.CH4O.H3N/c1-3(2)4(5)6;1-2;/h3-4,6H,5H2,1-2H3;2H,1H3;1H3. The number of hydrogen-bond acceptors (Lipinski definition) is 4. The fourth-order valence-corrected chi connectivity index (χ4v) is 0. The van der Waals surface area contributed by atoms with E-state index in [0.29, 0.717) is 0 Å². The molecule has 4 nitrogen and oxygen atoms in total. The van der Waals surface area contributed by atoms with Crippen molar-refractivity contribution in [3.63, 3.8) is 0 Å². The number of hydrogen-bond donors (Lipinski definition) is 4. The SMILES string of the molecule is CC(C)C(N)O.CO.N. The Labute approximate surface area is 56.3 Å². The van der Waals surface area contributed by atoms with Gasteiger partial charge in [-0.15, -0.1) is 0 Å². The van der Waals surface area contributed by atoms with E-state index in [1.807, 2.05) is 13.8 Å². The molecule has 0 spiro atoms. The predicted octanol–water partition coefficient (Wildman–Crippen LogP) is -0.310. The minimum absolute atomic E-state index is 0. The van der Waals surface area contributed by atoms with Crippen LogP contribution in [-0.4, -0.2) is 23.6 Å². The lowest BCUT2D eigenvalue weighted by Gasteiger charge is -2.04. The molecule has 1 unspecified atom stereocenters. The molecule has 0 aliphatic heterocycles. The molecule has 0 rings (SSSR count). The smallest absolute Gasteiger partial charge is 0.104 e. The Morgan fingerprint density at radius 3 is 1.33 bits per heavy atom. The second kappa shape index (κ2) is 10.8. The van der Waals surface area contributed by atoms with Crippen LogP contribution < -0.4 is 11.9 Å². The molecule has 60 valence electrons. The molecule has 0 aromatic rings. The van der Waals surface area contributed by atoms with Crippen molar-refractivity contribution in [1.29, 1.82) is 0 Å². The minimum Gasteiger partial charge on any atom is -0.400 e. The monoisotopic (exact) mass is 138 g/mol. The molecular formula is C5H18N2O2. The van der Waals surface area contributed by atoms with Gasteiger partial charge in [-0.2, -0.15) is 0 Å². The molecule has 0 fully saturated rings. The van der Waals surface area contributed by atoms with E-state index < -0.39 is 6.23 Å². The summed E-state index contributed by atoms with van der Waals surface area (Å²) in [6.07, 6.45) is -0.648. The van der Waals surface area contributed by atoms with Crippen molar-refractivity contribution in [2.24, 2.45) is 11.7 Å². The summed E-state index contributed by atoms with van der Waals surface area (Å²) < 4.78 is 0. The molecule has 0 aliphatic carbocycles. The maximum absolute atomic E-state index is 8.41. The van der Waals surface area contributed by atoms with Crippen LogP contribution in [0.1, 0.15) is 13.8 Å². The highest BCUT2D eigenvalue weighted by Crippen LogP contribution is 1.90. The normalized spacial score (nSPS) is 11.0. The van der Waals surface area contributed by atoms with Crippen molar-refractivity contribution in [1.82, 2.24) is 6.15 Å². The van der Waals surface area contributed by atoms with Crippen LogP contribution in [0.15, 0.2) is 0 Å². The van der Waals surface area contributed by atoms with E-state index in [1.54, 1.807) is 0 Å². The van der Waals surface area contributed by atoms with Crippen LogP contribution >= 0.6 is 0 Å². The van der Waals surface area contributed by atoms with Gasteiger partial charge in [-0.25, -0.2) is 0 Å². The Morgan fingerprint density at radius 2 is 1.33 bits per heavy atom. The van der Waals surface area contributed by atoms with Gasteiger partial charge >= 0.3 is 0 Å². The molecular weight excluding hydrogens is 120 g/mol. The van der Waals surface area contributed by atoms with Crippen LogP contribution in [0.5, 0.6) is 0 Å². The van der Waals surface area contributed by atoms with E-state index in [-0.39, 0.29) is 12.1 Å².